The molecule has 13 heteroatoms. The van der Waals surface area contributed by atoms with Gasteiger partial charge in [-0.25, -0.2) is 14.6 Å². The normalized spacial score (nSPS) is 22.2. The van der Waals surface area contributed by atoms with Crippen LogP contribution in [0.25, 0.3) is 33.5 Å². The van der Waals surface area contributed by atoms with Crippen LogP contribution in [-0.2, 0) is 23.9 Å². The number of H-pyrrole nitrogens is 1. The quantitative estimate of drug-likeness (QED) is 0.103. The predicted molar refractivity (Wildman–Crippen MR) is 241 cm³/mol. The van der Waals surface area contributed by atoms with Crippen LogP contribution in [0.4, 0.5) is 15.3 Å². The van der Waals surface area contributed by atoms with Crippen molar-refractivity contribution in [2.45, 2.75) is 115 Å². The van der Waals surface area contributed by atoms with Crippen LogP contribution in [0.5, 0.6) is 0 Å². The maximum absolute atomic E-state index is 13.8. The lowest BCUT2D eigenvalue weighted by molar-refractivity contribution is -0.139. The molecule has 2 heterocycles. The van der Waals surface area contributed by atoms with Crippen LogP contribution in [0.2, 0.25) is 0 Å². The first-order valence-corrected chi connectivity index (χ1v) is 22.6. The summed E-state index contributed by atoms with van der Waals surface area (Å²) in [6, 6.07) is 19.1. The average molecular weight is 857 g/mol. The molecule has 4 amide bonds. The van der Waals surface area contributed by atoms with Gasteiger partial charge in [0.2, 0.25) is 11.8 Å². The van der Waals surface area contributed by atoms with Gasteiger partial charge in [0.15, 0.2) is 5.78 Å². The number of likely N-dealkylation sites (tertiary alicyclic amines) is 1. The number of aromatic amines is 1. The first-order chi connectivity index (χ1) is 30.4. The van der Waals surface area contributed by atoms with E-state index in [1.807, 2.05) is 52.1 Å². The molecular formula is C50H60N6O7. The monoisotopic (exact) mass is 856 g/mol. The molecule has 8 rings (SSSR count). The van der Waals surface area contributed by atoms with Crippen molar-refractivity contribution >= 4 is 35.5 Å². The minimum absolute atomic E-state index is 0.0285. The number of ketones is 1. The molecule has 4 aliphatic rings. The maximum Gasteiger partial charge on any atom is 0.407 e. The summed E-state index contributed by atoms with van der Waals surface area (Å²) < 4.78 is 9.56. The number of aromatic nitrogens is 2. The number of hydrogen-bond acceptors (Lipinski definition) is 8. The minimum Gasteiger partial charge on any atom is -0.453 e. The first-order valence-electron chi connectivity index (χ1n) is 22.6. The Hall–Kier alpha value is -5.98. The smallest absolute Gasteiger partial charge is 0.407 e. The predicted octanol–water partition coefficient (Wildman–Crippen LogP) is 8.92. The highest BCUT2D eigenvalue weighted by atomic mass is 16.5. The summed E-state index contributed by atoms with van der Waals surface area (Å²) in [6.45, 7) is 8.02. The molecule has 2 saturated carbocycles. The second kappa shape index (κ2) is 18.4. The number of benzene rings is 3. The lowest BCUT2D eigenvalue weighted by Crippen LogP contribution is -2.54. The van der Waals surface area contributed by atoms with Crippen LogP contribution in [0, 0.1) is 17.8 Å². The molecule has 4 N–H and O–H groups in total. The van der Waals surface area contributed by atoms with Crippen molar-refractivity contribution in [3.63, 3.8) is 0 Å². The standard InChI is InChI=1S/C50H60N6O7/c1-27(2)43(54-49(60)62-5)45(57)37-12-8-13-38(37)46-51-26-39(53-46)30-17-15-29(16-18-30)35-21-22-36(42-33-20-19-32(24-33)41(35)42)31-10-7-11-34(25-31)52-47(58)40-14-9-23-56(40)48(59)44(28(3)4)55-50(61)63-6/h7,10-11,15-18,21-22,25-28,32-33,37-38,40,43-44H,8-9,12-14,19-20,23-24H2,1-6H3,(H,51,53)(H,52,58)(H,54,60)(H,55,61)/t32?,33?,37?,38?,40?,43-,44-/m0/s1. The molecule has 5 unspecified atom stereocenters. The van der Waals surface area contributed by atoms with Gasteiger partial charge in [0.05, 0.1) is 32.2 Å². The topological polar surface area (TPSA) is 172 Å². The third-order valence-corrected chi connectivity index (χ3v) is 14.0. The Kier molecular flexibility index (Phi) is 12.7. The number of ether oxygens (including phenoxy) is 2. The van der Waals surface area contributed by atoms with Crippen LogP contribution in [-0.4, -0.2) is 83.5 Å². The van der Waals surface area contributed by atoms with Crippen molar-refractivity contribution < 1.29 is 33.4 Å². The number of rotatable bonds is 13. The zero-order chi connectivity index (χ0) is 44.5. The fourth-order valence-corrected chi connectivity index (χ4v) is 10.8. The molecule has 0 spiro atoms. The molecule has 63 heavy (non-hydrogen) atoms. The molecule has 0 radical (unpaired) electrons. The van der Waals surface area contributed by atoms with Gasteiger partial charge in [-0.2, -0.15) is 0 Å². The molecule has 1 aromatic heterocycles. The molecule has 13 nitrogen and oxygen atoms in total. The number of nitrogens with one attached hydrogen (secondary N) is 4. The van der Waals surface area contributed by atoms with E-state index in [1.54, 1.807) is 4.90 Å². The van der Waals surface area contributed by atoms with Gasteiger partial charge in [0, 0.05) is 24.1 Å². The zero-order valence-corrected chi connectivity index (χ0v) is 37.2. The molecule has 3 aromatic carbocycles. The highest BCUT2D eigenvalue weighted by Gasteiger charge is 2.43. The number of Topliss-reactive ketones (excluding diaryl/α,β-unsaturated/α-hetero) is 1. The van der Waals surface area contributed by atoms with Crippen LogP contribution in [0.1, 0.15) is 114 Å². The van der Waals surface area contributed by atoms with Crippen LogP contribution < -0.4 is 16.0 Å². The number of fused-ring (bicyclic) bond motifs is 5. The van der Waals surface area contributed by atoms with Gasteiger partial charge in [0.25, 0.3) is 0 Å². The lowest BCUT2D eigenvalue weighted by atomic mass is 9.81. The number of anilines is 1. The first kappa shape index (κ1) is 43.7. The second-order valence-corrected chi connectivity index (χ2v) is 18.5. The van der Waals surface area contributed by atoms with Crippen LogP contribution in [0.15, 0.2) is 66.9 Å². The van der Waals surface area contributed by atoms with Crippen molar-refractivity contribution in [1.29, 1.82) is 0 Å². The molecule has 1 saturated heterocycles. The molecule has 3 fully saturated rings. The Morgan fingerprint density at radius 2 is 1.37 bits per heavy atom. The van der Waals surface area contributed by atoms with E-state index >= 15 is 0 Å². The third kappa shape index (κ3) is 8.71. The highest BCUT2D eigenvalue weighted by molar-refractivity contribution is 5.99. The fraction of sp³-hybridized carbons (Fsp3) is 0.480. The molecule has 3 aliphatic carbocycles. The summed E-state index contributed by atoms with van der Waals surface area (Å²) in [5.74, 6) is 0.740. The molecule has 7 atom stereocenters. The van der Waals surface area contributed by atoms with E-state index in [0.29, 0.717) is 36.9 Å². The molecule has 1 aliphatic heterocycles. The summed E-state index contributed by atoms with van der Waals surface area (Å²) in [5.41, 5.74) is 10.1. The molecular weight excluding hydrogens is 797 g/mol. The number of amides is 4. The number of imidazole rings is 1. The van der Waals surface area contributed by atoms with Crippen LogP contribution >= 0.6 is 0 Å². The summed E-state index contributed by atoms with van der Waals surface area (Å²) in [5, 5.41) is 8.52. The number of hydrogen-bond donors (Lipinski definition) is 4. The van der Waals surface area contributed by atoms with E-state index in [0.717, 1.165) is 60.3 Å². The number of methoxy groups -OCH3 is 2. The Morgan fingerprint density at radius 1 is 0.730 bits per heavy atom. The second-order valence-electron chi connectivity index (χ2n) is 18.5. The fourth-order valence-electron chi connectivity index (χ4n) is 10.8. The van der Waals surface area contributed by atoms with Crippen molar-refractivity contribution in [3.8, 4) is 33.5 Å². The van der Waals surface area contributed by atoms with Gasteiger partial charge in [-0.1, -0.05) is 82.6 Å². The Labute approximate surface area is 369 Å². The van der Waals surface area contributed by atoms with E-state index in [9.17, 15) is 24.0 Å². The maximum atomic E-state index is 13.8. The summed E-state index contributed by atoms with van der Waals surface area (Å²) in [7, 11) is 2.57. The van der Waals surface area contributed by atoms with Gasteiger partial charge < -0.3 is 35.3 Å². The molecule has 332 valence electrons. The number of carbonyl (C=O) groups is 5. The number of nitrogens with zero attached hydrogens (tertiary/aromatic N) is 2. The van der Waals surface area contributed by atoms with E-state index in [2.05, 4.69) is 63.4 Å². The lowest BCUT2D eigenvalue weighted by Gasteiger charge is -2.30. The minimum atomic E-state index is -0.796. The number of carbonyl (C=O) groups excluding carboxylic acids is 5. The van der Waals surface area contributed by atoms with Crippen LogP contribution in [0.3, 0.4) is 0 Å². The number of alkyl carbamates (subject to hydrolysis) is 2. The van der Waals surface area contributed by atoms with E-state index in [-0.39, 0.29) is 41.3 Å². The zero-order valence-electron chi connectivity index (χ0n) is 37.2. The summed E-state index contributed by atoms with van der Waals surface area (Å²) >= 11 is 0. The summed E-state index contributed by atoms with van der Waals surface area (Å²) in [6.07, 6.45) is 7.83. The largest absolute Gasteiger partial charge is 0.453 e. The molecule has 2 bridgehead atoms. The SMILES string of the molecule is COC(=O)N[C@H](C(=O)C1CCCC1c1ncc(-c2ccc(-c3ccc(-c4cccc(NC(=O)C5CCCN5C(=O)[C@@H](NC(=O)OC)C(C)C)c4)c4c3C3CCC4C3)cc2)[nH]1)C(C)C. The van der Waals surface area contributed by atoms with Crippen molar-refractivity contribution in [2.24, 2.45) is 17.8 Å². The highest BCUT2D eigenvalue weighted by Crippen LogP contribution is 2.58. The van der Waals surface area contributed by atoms with Gasteiger partial charge in [-0.3, -0.25) is 14.4 Å². The Bertz CT molecular complexity index is 2370. The van der Waals surface area contributed by atoms with E-state index < -0.39 is 30.3 Å². The van der Waals surface area contributed by atoms with Gasteiger partial charge in [-0.05, 0) is 120 Å². The summed E-state index contributed by atoms with van der Waals surface area (Å²) in [4.78, 5) is 75.1. The molecule has 4 aromatic rings. The average Bonchev–Trinajstić information content (AvgIpc) is 4.15. The van der Waals surface area contributed by atoms with E-state index in [4.69, 9.17) is 14.5 Å². The van der Waals surface area contributed by atoms with Crippen molar-refractivity contribution in [1.82, 2.24) is 25.5 Å². The van der Waals surface area contributed by atoms with Gasteiger partial charge in [0.1, 0.15) is 17.9 Å². The third-order valence-electron chi connectivity index (χ3n) is 14.0. The van der Waals surface area contributed by atoms with E-state index in [1.165, 1.54) is 42.9 Å². The Balaban J connectivity index is 0.990. The van der Waals surface area contributed by atoms with Gasteiger partial charge in [-0.15, -0.1) is 0 Å². The Morgan fingerprint density at radius 3 is 2.02 bits per heavy atom. The van der Waals surface area contributed by atoms with Crippen molar-refractivity contribution in [3.05, 3.63) is 83.8 Å². The van der Waals surface area contributed by atoms with Gasteiger partial charge >= 0.3 is 12.2 Å². The van der Waals surface area contributed by atoms with Crippen molar-refractivity contribution in [2.75, 3.05) is 26.1 Å².